The van der Waals surface area contributed by atoms with Crippen molar-refractivity contribution in [3.05, 3.63) is 76.6 Å². The maximum absolute atomic E-state index is 17.2. The molecule has 0 aliphatic carbocycles. The lowest BCUT2D eigenvalue weighted by molar-refractivity contribution is -0.131. The number of nitrogens with one attached hydrogen (secondary N) is 3. The van der Waals surface area contributed by atoms with E-state index >= 15 is 8.78 Å². The summed E-state index contributed by atoms with van der Waals surface area (Å²) in [6, 6.07) is 3.70. The molecule has 0 radical (unpaired) electrons. The summed E-state index contributed by atoms with van der Waals surface area (Å²) in [5.74, 6) is -3.55. The van der Waals surface area contributed by atoms with E-state index in [1.165, 1.54) is 36.0 Å². The van der Waals surface area contributed by atoms with Crippen molar-refractivity contribution >= 4 is 46.6 Å². The number of carbonyl (C=O) groups excluding carboxylic acids is 2. The molecule has 1 aromatic heterocycles. The van der Waals surface area contributed by atoms with E-state index in [-0.39, 0.29) is 70.6 Å². The van der Waals surface area contributed by atoms with Gasteiger partial charge in [-0.3, -0.25) is 20.0 Å². The summed E-state index contributed by atoms with van der Waals surface area (Å²) in [6.45, 7) is 8.46. The van der Waals surface area contributed by atoms with Crippen LogP contribution in [-0.4, -0.2) is 76.5 Å². The number of amidine groups is 1. The third kappa shape index (κ3) is 4.98. The third-order valence-corrected chi connectivity index (χ3v) is 8.41. The number of benzene rings is 2. The van der Waals surface area contributed by atoms with E-state index in [0.717, 1.165) is 17.2 Å². The number of aliphatic hydroxyl groups excluding tert-OH is 1. The fourth-order valence-electron chi connectivity index (χ4n) is 6.04. The van der Waals surface area contributed by atoms with Gasteiger partial charge in [0, 0.05) is 49.4 Å². The van der Waals surface area contributed by atoms with Gasteiger partial charge in [-0.2, -0.15) is 0 Å². The number of aliphatic hydroxyl groups is 1. The van der Waals surface area contributed by atoms with Gasteiger partial charge >= 0.3 is 0 Å². The van der Waals surface area contributed by atoms with E-state index in [4.69, 9.17) is 11.1 Å². The van der Waals surface area contributed by atoms with Crippen LogP contribution in [-0.2, 0) is 9.59 Å². The van der Waals surface area contributed by atoms with Gasteiger partial charge in [0.2, 0.25) is 5.91 Å². The summed E-state index contributed by atoms with van der Waals surface area (Å²) in [6.07, 6.45) is 2.46. The first-order valence-electron chi connectivity index (χ1n) is 14.2. The van der Waals surface area contributed by atoms with E-state index in [0.29, 0.717) is 11.1 Å². The lowest BCUT2D eigenvalue weighted by atomic mass is 9.90. The molecule has 3 heterocycles. The number of anilines is 4. The molecule has 0 spiro atoms. The number of pyridine rings is 1. The zero-order chi connectivity index (χ0) is 32.9. The minimum absolute atomic E-state index is 0.0154. The Morgan fingerprint density at radius 3 is 2.51 bits per heavy atom. The van der Waals surface area contributed by atoms with E-state index in [9.17, 15) is 20.1 Å². The van der Waals surface area contributed by atoms with Gasteiger partial charge in [0.05, 0.1) is 46.5 Å². The van der Waals surface area contributed by atoms with E-state index in [2.05, 4.69) is 16.9 Å². The van der Waals surface area contributed by atoms with Crippen molar-refractivity contribution in [3.63, 3.8) is 0 Å². The Balaban J connectivity index is 1.87. The van der Waals surface area contributed by atoms with Gasteiger partial charge in [0.25, 0.3) is 5.91 Å². The van der Waals surface area contributed by atoms with Gasteiger partial charge in [-0.05, 0) is 50.1 Å². The molecule has 2 unspecified atom stereocenters. The second-order valence-corrected chi connectivity index (χ2v) is 11.1. The highest BCUT2D eigenvalue weighted by atomic mass is 19.1. The second-order valence-electron chi connectivity index (χ2n) is 11.1. The maximum Gasteiger partial charge on any atom is 0.251 e. The zero-order valence-electron chi connectivity index (χ0n) is 25.3. The molecule has 5 rings (SSSR count). The number of hydrogen-bond acceptors (Lipinski definition) is 8. The summed E-state index contributed by atoms with van der Waals surface area (Å²) in [5, 5.41) is 30.8. The van der Waals surface area contributed by atoms with Crippen molar-refractivity contribution in [1.82, 2.24) is 14.8 Å². The molecule has 2 amide bonds. The Morgan fingerprint density at radius 2 is 1.87 bits per heavy atom. The lowest BCUT2D eigenvalue weighted by Gasteiger charge is -2.40. The van der Waals surface area contributed by atoms with E-state index in [1.54, 1.807) is 26.0 Å². The molecule has 1 saturated heterocycles. The molecule has 3 aromatic rings. The summed E-state index contributed by atoms with van der Waals surface area (Å²) in [5.41, 5.74) is 6.32. The average Bonchev–Trinajstić information content (AvgIpc) is 3.09. The molecule has 2 aliphatic rings. The minimum atomic E-state index is -1.12. The van der Waals surface area contributed by atoms with Crippen molar-refractivity contribution in [3.8, 4) is 11.1 Å². The highest BCUT2D eigenvalue weighted by molar-refractivity contribution is 6.17. The molecule has 45 heavy (non-hydrogen) atoms. The van der Waals surface area contributed by atoms with Gasteiger partial charge in [0.15, 0.2) is 11.6 Å². The molecule has 2 aliphatic heterocycles. The van der Waals surface area contributed by atoms with Crippen LogP contribution in [0.1, 0.15) is 41.0 Å². The number of nitrogens with two attached hydrogens (primary N) is 1. The first-order valence-corrected chi connectivity index (χ1v) is 14.2. The fraction of sp³-hybridized carbons (Fsp3) is 0.281. The Bertz CT molecular complexity index is 1790. The molecule has 0 bridgehead atoms. The molecular formula is C32H34F2N8O3. The Morgan fingerprint density at radius 1 is 1.16 bits per heavy atom. The Hall–Kier alpha value is -5.17. The smallest absolute Gasteiger partial charge is 0.251 e. The molecule has 234 valence electrons. The van der Waals surface area contributed by atoms with Crippen molar-refractivity contribution < 1.29 is 23.5 Å². The number of hydrogen-bond donors (Lipinski definition) is 5. The summed E-state index contributed by atoms with van der Waals surface area (Å²) in [7, 11) is 1.33. The Kier molecular flexibility index (Phi) is 8.15. The quantitative estimate of drug-likeness (QED) is 0.159. The molecule has 13 heteroatoms. The topological polar surface area (TPSA) is 163 Å². The number of rotatable bonds is 6. The molecule has 0 saturated carbocycles. The fourth-order valence-corrected chi connectivity index (χ4v) is 6.04. The molecule has 6 N–H and O–H groups in total. The van der Waals surface area contributed by atoms with Crippen LogP contribution in [0.5, 0.6) is 0 Å². The van der Waals surface area contributed by atoms with Gasteiger partial charge in [0.1, 0.15) is 11.9 Å². The first-order chi connectivity index (χ1) is 21.3. The van der Waals surface area contributed by atoms with Crippen LogP contribution in [0.25, 0.3) is 11.1 Å². The van der Waals surface area contributed by atoms with E-state index < -0.39 is 41.2 Å². The van der Waals surface area contributed by atoms with Gasteiger partial charge in [-0.15, -0.1) is 0 Å². The van der Waals surface area contributed by atoms with Crippen LogP contribution in [0.2, 0.25) is 0 Å². The van der Waals surface area contributed by atoms with Crippen LogP contribution in [0.4, 0.5) is 31.5 Å². The number of aryl methyl sites for hydroxylation is 2. The number of nitrogens with zero attached hydrogens (tertiary/aromatic N) is 4. The number of aromatic nitrogens is 1. The molecule has 2 atom stereocenters. The van der Waals surface area contributed by atoms with Gasteiger partial charge in [-0.25, -0.2) is 8.78 Å². The monoisotopic (exact) mass is 616 g/mol. The number of carbonyl (C=O) groups is 2. The van der Waals surface area contributed by atoms with Crippen LogP contribution in [0, 0.1) is 36.3 Å². The number of nitrogen functional groups attached to an aromatic ring is 1. The second kappa shape index (κ2) is 11.7. The number of likely N-dealkylation sites (N-methyl/N-ethyl adjacent to an activating group) is 1. The van der Waals surface area contributed by atoms with Crippen LogP contribution in [0.3, 0.4) is 0 Å². The SMILES string of the molecule is C=CC(=O)N1CCN2C(=N)c3c(Nc4c(C)ccnc4C(C)O)c(F)c(-c4c(C)ccc(N)c4C=N)c(F)c3N(C)C(=O)C2C1. The standard InChI is InChI=1S/C32H34F2N8O3/c1-6-21(44)41-11-12-42-20(14-41)32(45)40(5)30-24(31(42)37)29(39-27-16(3)9-10-38-28(27)17(4)43)25(33)23(26(30)34)22-15(2)7-8-19(36)18(22)13-35/h6-10,13,17,20,35,37,39,43H,1,11-12,14,36H2,2-5H3. The molecular weight excluding hydrogens is 582 g/mol. The van der Waals surface area contributed by atoms with Crippen molar-refractivity contribution in [2.75, 3.05) is 42.6 Å². The predicted octanol–water partition coefficient (Wildman–Crippen LogP) is 4.02. The largest absolute Gasteiger partial charge is 0.398 e. The number of fused-ring (bicyclic) bond motifs is 2. The van der Waals surface area contributed by atoms with Crippen LogP contribution in [0.15, 0.2) is 37.1 Å². The minimum Gasteiger partial charge on any atom is -0.398 e. The Labute approximate surface area is 259 Å². The average molecular weight is 617 g/mol. The predicted molar refractivity (Wildman–Crippen MR) is 169 cm³/mol. The van der Waals surface area contributed by atoms with Crippen LogP contribution < -0.4 is 16.0 Å². The van der Waals surface area contributed by atoms with Crippen LogP contribution >= 0.6 is 0 Å². The van der Waals surface area contributed by atoms with Gasteiger partial charge in [-0.1, -0.05) is 12.6 Å². The van der Waals surface area contributed by atoms with Gasteiger partial charge < -0.3 is 36.3 Å². The zero-order valence-corrected chi connectivity index (χ0v) is 25.3. The summed E-state index contributed by atoms with van der Waals surface area (Å²) >= 11 is 0. The molecule has 2 aromatic carbocycles. The third-order valence-electron chi connectivity index (χ3n) is 8.41. The van der Waals surface area contributed by atoms with Crippen molar-refractivity contribution in [2.45, 2.75) is 32.9 Å². The highest BCUT2D eigenvalue weighted by Crippen LogP contribution is 2.46. The van der Waals surface area contributed by atoms with Crippen molar-refractivity contribution in [2.24, 2.45) is 0 Å². The summed E-state index contributed by atoms with van der Waals surface area (Å²) < 4.78 is 34.2. The normalized spacial score (nSPS) is 17.0. The number of halogens is 2. The first kappa shape index (κ1) is 31.3. The summed E-state index contributed by atoms with van der Waals surface area (Å²) in [4.78, 5) is 34.6. The highest BCUT2D eigenvalue weighted by Gasteiger charge is 2.44. The number of amides is 2. The maximum atomic E-state index is 17.2. The van der Waals surface area contributed by atoms with E-state index in [1.807, 2.05) is 0 Å². The van der Waals surface area contributed by atoms with Crippen molar-refractivity contribution in [1.29, 1.82) is 10.8 Å². The molecule has 11 nitrogen and oxygen atoms in total. The number of piperazine rings is 1. The lowest BCUT2D eigenvalue weighted by Crippen LogP contribution is -2.60. The molecule has 1 fully saturated rings.